The highest BCUT2D eigenvalue weighted by Crippen LogP contribution is 2.33. The Morgan fingerprint density at radius 1 is 0.923 bits per heavy atom. The van der Waals surface area contributed by atoms with Gasteiger partial charge in [-0.2, -0.15) is 4.98 Å². The average Bonchev–Trinajstić information content (AvgIpc) is 2.55. The lowest BCUT2D eigenvalue weighted by molar-refractivity contribution is 0.464. The molecule has 0 unspecified atom stereocenters. The molecule has 0 bridgehead atoms. The summed E-state index contributed by atoms with van der Waals surface area (Å²) in [5.74, 6) is 1.43. The quantitative estimate of drug-likeness (QED) is 0.637. The predicted octanol–water partition coefficient (Wildman–Crippen LogP) is 5.48. The highest BCUT2D eigenvalue weighted by Gasteiger charge is 2.12. The van der Waals surface area contributed by atoms with Crippen LogP contribution >= 0.6 is 11.6 Å². The molecule has 134 valence electrons. The summed E-state index contributed by atoms with van der Waals surface area (Å²) in [6, 6.07) is 9.87. The lowest BCUT2D eigenvalue weighted by Crippen LogP contribution is -2.03. The highest BCUT2D eigenvalue weighted by atomic mass is 35.5. The second-order valence-electron chi connectivity index (χ2n) is 6.42. The second-order valence-corrected chi connectivity index (χ2v) is 6.79. The molecule has 0 saturated carbocycles. The molecule has 2 aromatic carbocycles. The maximum Gasteiger partial charge on any atom is 0.248 e. The van der Waals surface area contributed by atoms with E-state index >= 15 is 0 Å². The molecule has 5 nitrogen and oxygen atoms in total. The standard InChI is InChI=1S/C20H21ClN4O/c1-11-5-12(2)7-15(6-11)25-19-18(22)20(24-10-23-19)26-16-8-13(3)17(21)14(4)9-16/h5-10H,22H2,1-4H3,(H,23,24,25). The van der Waals surface area contributed by atoms with Gasteiger partial charge in [0.1, 0.15) is 17.8 Å². The van der Waals surface area contributed by atoms with Crippen molar-refractivity contribution in [1.29, 1.82) is 0 Å². The molecule has 0 saturated heterocycles. The van der Waals surface area contributed by atoms with Gasteiger partial charge in [0.15, 0.2) is 5.82 Å². The smallest absolute Gasteiger partial charge is 0.248 e. The van der Waals surface area contributed by atoms with Gasteiger partial charge >= 0.3 is 0 Å². The van der Waals surface area contributed by atoms with E-state index in [0.717, 1.165) is 33.0 Å². The zero-order valence-corrected chi connectivity index (χ0v) is 16.0. The molecule has 3 rings (SSSR count). The maximum atomic E-state index is 6.22. The third kappa shape index (κ3) is 3.89. The van der Waals surface area contributed by atoms with Crippen LogP contribution in [-0.4, -0.2) is 9.97 Å². The molecule has 0 radical (unpaired) electrons. The Balaban J connectivity index is 1.90. The van der Waals surface area contributed by atoms with Crippen LogP contribution in [0.1, 0.15) is 22.3 Å². The van der Waals surface area contributed by atoms with Crippen molar-refractivity contribution in [3.63, 3.8) is 0 Å². The van der Waals surface area contributed by atoms with Crippen LogP contribution in [-0.2, 0) is 0 Å². The largest absolute Gasteiger partial charge is 0.437 e. The number of nitrogens with one attached hydrogen (secondary N) is 1. The average molecular weight is 369 g/mol. The minimum Gasteiger partial charge on any atom is -0.437 e. The van der Waals surface area contributed by atoms with Gasteiger partial charge in [-0.15, -0.1) is 0 Å². The van der Waals surface area contributed by atoms with E-state index in [4.69, 9.17) is 22.1 Å². The molecule has 26 heavy (non-hydrogen) atoms. The van der Waals surface area contributed by atoms with Crippen molar-refractivity contribution in [2.24, 2.45) is 0 Å². The van der Waals surface area contributed by atoms with E-state index < -0.39 is 0 Å². The van der Waals surface area contributed by atoms with Crippen molar-refractivity contribution in [3.05, 3.63) is 63.9 Å². The molecule has 0 aliphatic carbocycles. The molecule has 0 fully saturated rings. The number of benzene rings is 2. The number of hydrogen-bond acceptors (Lipinski definition) is 5. The van der Waals surface area contributed by atoms with Crippen LogP contribution in [0.15, 0.2) is 36.7 Å². The van der Waals surface area contributed by atoms with E-state index in [1.54, 1.807) is 0 Å². The van der Waals surface area contributed by atoms with Crippen LogP contribution in [0.2, 0.25) is 5.02 Å². The van der Waals surface area contributed by atoms with Gasteiger partial charge in [0.25, 0.3) is 0 Å². The van der Waals surface area contributed by atoms with Crippen molar-refractivity contribution in [1.82, 2.24) is 9.97 Å². The van der Waals surface area contributed by atoms with Crippen molar-refractivity contribution in [2.75, 3.05) is 11.1 Å². The number of halogens is 1. The number of ether oxygens (including phenoxy) is 1. The van der Waals surface area contributed by atoms with Crippen molar-refractivity contribution in [2.45, 2.75) is 27.7 Å². The molecule has 1 aromatic heterocycles. The van der Waals surface area contributed by atoms with Crippen molar-refractivity contribution >= 4 is 28.8 Å². The lowest BCUT2D eigenvalue weighted by Gasteiger charge is -2.13. The van der Waals surface area contributed by atoms with E-state index in [-0.39, 0.29) is 0 Å². The van der Waals surface area contributed by atoms with Crippen LogP contribution in [0.4, 0.5) is 17.2 Å². The third-order valence-electron chi connectivity index (χ3n) is 3.96. The first-order valence-corrected chi connectivity index (χ1v) is 8.61. The number of nitrogens with zero attached hydrogens (tertiary/aromatic N) is 2. The lowest BCUT2D eigenvalue weighted by atomic mass is 10.1. The minimum atomic E-state index is 0.299. The van der Waals surface area contributed by atoms with Gasteiger partial charge in [-0.3, -0.25) is 0 Å². The van der Waals surface area contributed by atoms with Gasteiger partial charge in [-0.05, 0) is 74.2 Å². The second kappa shape index (κ2) is 7.22. The SMILES string of the molecule is Cc1cc(C)cc(Nc2ncnc(Oc3cc(C)c(Cl)c(C)c3)c2N)c1. The molecule has 6 heteroatoms. The number of anilines is 3. The molecule has 0 amide bonds. The molecule has 1 heterocycles. The zero-order valence-electron chi connectivity index (χ0n) is 15.2. The van der Waals surface area contributed by atoms with Crippen LogP contribution in [0, 0.1) is 27.7 Å². The van der Waals surface area contributed by atoms with E-state index in [2.05, 4.69) is 21.4 Å². The first-order chi connectivity index (χ1) is 12.3. The molecule has 0 spiro atoms. The summed E-state index contributed by atoms with van der Waals surface area (Å²) in [7, 11) is 0. The van der Waals surface area contributed by atoms with E-state index in [9.17, 15) is 0 Å². The summed E-state index contributed by atoms with van der Waals surface area (Å²) in [6.45, 7) is 7.94. The maximum absolute atomic E-state index is 6.22. The topological polar surface area (TPSA) is 73.1 Å². The third-order valence-corrected chi connectivity index (χ3v) is 4.55. The van der Waals surface area contributed by atoms with E-state index in [0.29, 0.717) is 23.1 Å². The molecule has 3 aromatic rings. The van der Waals surface area contributed by atoms with E-state index in [1.807, 2.05) is 52.0 Å². The monoisotopic (exact) mass is 368 g/mol. The Bertz CT molecular complexity index is 929. The molecule has 0 aliphatic rings. The van der Waals surface area contributed by atoms with Crippen LogP contribution in [0.25, 0.3) is 0 Å². The molecule has 0 atom stereocenters. The molecule has 3 N–H and O–H groups in total. The van der Waals surface area contributed by atoms with Gasteiger partial charge in [0, 0.05) is 10.7 Å². The van der Waals surface area contributed by atoms with E-state index in [1.165, 1.54) is 6.33 Å². The summed E-state index contributed by atoms with van der Waals surface area (Å²) in [4.78, 5) is 8.40. The van der Waals surface area contributed by atoms with Gasteiger partial charge in [-0.25, -0.2) is 4.98 Å². The fourth-order valence-corrected chi connectivity index (χ4v) is 2.93. The molecule has 0 aliphatic heterocycles. The number of nitrogens with two attached hydrogens (primary N) is 1. The van der Waals surface area contributed by atoms with Gasteiger partial charge in [0.2, 0.25) is 5.88 Å². The molecular weight excluding hydrogens is 348 g/mol. The highest BCUT2D eigenvalue weighted by molar-refractivity contribution is 6.32. The number of rotatable bonds is 4. The molecular formula is C20H21ClN4O. The Hall–Kier alpha value is -2.79. The van der Waals surface area contributed by atoms with Crippen LogP contribution in [0.5, 0.6) is 11.6 Å². The summed E-state index contributed by atoms with van der Waals surface area (Å²) < 4.78 is 5.88. The summed E-state index contributed by atoms with van der Waals surface area (Å²) in [6.07, 6.45) is 1.42. The Morgan fingerprint density at radius 2 is 1.54 bits per heavy atom. The Morgan fingerprint density at radius 3 is 2.15 bits per heavy atom. The van der Waals surface area contributed by atoms with Crippen LogP contribution in [0.3, 0.4) is 0 Å². The Labute approximate surface area is 158 Å². The Kier molecular flexibility index (Phi) is 5.00. The zero-order chi connectivity index (χ0) is 18.8. The van der Waals surface area contributed by atoms with Gasteiger partial charge in [0.05, 0.1) is 0 Å². The first kappa shape index (κ1) is 18.0. The number of hydrogen-bond donors (Lipinski definition) is 2. The fraction of sp³-hybridized carbons (Fsp3) is 0.200. The van der Waals surface area contributed by atoms with Gasteiger partial charge in [-0.1, -0.05) is 17.7 Å². The number of nitrogen functional groups attached to an aromatic ring is 1. The number of aromatic nitrogens is 2. The van der Waals surface area contributed by atoms with Crippen molar-refractivity contribution < 1.29 is 4.74 Å². The van der Waals surface area contributed by atoms with Crippen molar-refractivity contribution in [3.8, 4) is 11.6 Å². The summed E-state index contributed by atoms with van der Waals surface area (Å²) >= 11 is 6.21. The van der Waals surface area contributed by atoms with Crippen LogP contribution < -0.4 is 15.8 Å². The predicted molar refractivity (Wildman–Crippen MR) is 107 cm³/mol. The minimum absolute atomic E-state index is 0.299. The summed E-state index contributed by atoms with van der Waals surface area (Å²) in [5.41, 5.74) is 11.7. The summed E-state index contributed by atoms with van der Waals surface area (Å²) in [5, 5.41) is 3.96. The number of aryl methyl sites for hydroxylation is 4. The normalized spacial score (nSPS) is 10.7. The first-order valence-electron chi connectivity index (χ1n) is 8.24. The fourth-order valence-electron chi connectivity index (χ4n) is 2.82. The van der Waals surface area contributed by atoms with Gasteiger partial charge < -0.3 is 15.8 Å².